The van der Waals surface area contributed by atoms with Crippen LogP contribution in [0.3, 0.4) is 0 Å². The summed E-state index contributed by atoms with van der Waals surface area (Å²) in [4.78, 5) is 0. The molecule has 0 aliphatic carbocycles. The van der Waals surface area contributed by atoms with Crippen LogP contribution < -0.4 is 0 Å². The molecule has 0 unspecified atom stereocenters. The Labute approximate surface area is 74.0 Å². The van der Waals surface area contributed by atoms with Gasteiger partial charge >= 0.3 is 0 Å². The molecule has 66 valence electrons. The van der Waals surface area contributed by atoms with Crippen LogP contribution >= 0.6 is 0 Å². The Morgan fingerprint density at radius 2 is 2.17 bits per heavy atom. The zero-order valence-electron chi connectivity index (χ0n) is 8.04. The molecule has 0 aliphatic heterocycles. The van der Waals surface area contributed by atoms with Gasteiger partial charge in [-0.05, 0) is 18.6 Å². The van der Waals surface area contributed by atoms with E-state index < -0.39 is 0 Å². The predicted octanol–water partition coefficient (Wildman–Crippen LogP) is 2.55. The van der Waals surface area contributed by atoms with Gasteiger partial charge in [-0.2, -0.15) is 10.2 Å². The number of hydrogen-bond donors (Lipinski definition) is 0. The number of rotatable bonds is 3. The van der Waals surface area contributed by atoms with E-state index in [0.717, 1.165) is 12.1 Å². The molecule has 0 radical (unpaired) electrons. The Morgan fingerprint density at radius 1 is 1.42 bits per heavy atom. The molecule has 0 atom stereocenters. The first kappa shape index (κ1) is 9.17. The maximum absolute atomic E-state index is 4.12. The standard InChI is InChI=1S/C10H16N2/c1-4-7-10(2,3)9-6-5-8-11-12-9/h5-6,8H,4,7H2,1-3H3. The normalized spacial score (nSPS) is 11.6. The Hall–Kier alpha value is -0.920. The minimum absolute atomic E-state index is 0.170. The molecule has 0 aromatic carbocycles. The summed E-state index contributed by atoms with van der Waals surface area (Å²) in [6, 6.07) is 3.99. The molecule has 1 heterocycles. The van der Waals surface area contributed by atoms with Gasteiger partial charge in [0, 0.05) is 11.6 Å². The van der Waals surface area contributed by atoms with Gasteiger partial charge < -0.3 is 0 Å². The van der Waals surface area contributed by atoms with E-state index in [1.165, 1.54) is 6.42 Å². The van der Waals surface area contributed by atoms with Gasteiger partial charge in [0.25, 0.3) is 0 Å². The monoisotopic (exact) mass is 164 g/mol. The quantitative estimate of drug-likeness (QED) is 0.686. The third kappa shape index (κ3) is 2.03. The summed E-state index contributed by atoms with van der Waals surface area (Å²) < 4.78 is 0. The van der Waals surface area contributed by atoms with Crippen LogP contribution in [0.5, 0.6) is 0 Å². The highest BCUT2D eigenvalue weighted by molar-refractivity contribution is 5.11. The molecule has 0 saturated heterocycles. The molecule has 2 nitrogen and oxygen atoms in total. The van der Waals surface area contributed by atoms with Crippen molar-refractivity contribution in [2.24, 2.45) is 0 Å². The molecule has 0 N–H and O–H groups in total. The molecule has 0 bridgehead atoms. The van der Waals surface area contributed by atoms with E-state index in [9.17, 15) is 0 Å². The summed E-state index contributed by atoms with van der Waals surface area (Å²) in [5.74, 6) is 0. The Balaban J connectivity index is 2.82. The van der Waals surface area contributed by atoms with Crippen molar-refractivity contribution in [2.45, 2.75) is 39.0 Å². The fourth-order valence-corrected chi connectivity index (χ4v) is 1.42. The molecule has 0 aliphatic rings. The van der Waals surface area contributed by atoms with E-state index in [2.05, 4.69) is 31.0 Å². The van der Waals surface area contributed by atoms with Crippen LogP contribution in [-0.2, 0) is 5.41 Å². The maximum Gasteiger partial charge on any atom is 0.0687 e. The molecule has 0 fully saturated rings. The molecule has 0 saturated carbocycles. The molecule has 0 amide bonds. The summed E-state index contributed by atoms with van der Waals surface area (Å²) in [5, 5.41) is 8.00. The topological polar surface area (TPSA) is 25.8 Å². The number of hydrogen-bond acceptors (Lipinski definition) is 2. The first-order valence-corrected chi connectivity index (χ1v) is 4.45. The van der Waals surface area contributed by atoms with E-state index in [1.807, 2.05) is 12.1 Å². The molecule has 1 aromatic rings. The van der Waals surface area contributed by atoms with Crippen molar-refractivity contribution in [3.05, 3.63) is 24.0 Å². The van der Waals surface area contributed by atoms with Crippen LogP contribution in [0.1, 0.15) is 39.3 Å². The lowest BCUT2D eigenvalue weighted by molar-refractivity contribution is 0.454. The summed E-state index contributed by atoms with van der Waals surface area (Å²) in [5.41, 5.74) is 1.26. The van der Waals surface area contributed by atoms with Crippen LogP contribution in [0.2, 0.25) is 0 Å². The first-order valence-electron chi connectivity index (χ1n) is 4.45. The highest BCUT2D eigenvalue weighted by Crippen LogP contribution is 2.25. The van der Waals surface area contributed by atoms with Crippen molar-refractivity contribution in [1.29, 1.82) is 0 Å². The van der Waals surface area contributed by atoms with E-state index in [4.69, 9.17) is 0 Å². The molecular formula is C10H16N2. The second-order valence-corrected chi connectivity index (χ2v) is 3.74. The van der Waals surface area contributed by atoms with Crippen molar-refractivity contribution in [2.75, 3.05) is 0 Å². The molecule has 1 aromatic heterocycles. The number of aromatic nitrogens is 2. The van der Waals surface area contributed by atoms with Crippen molar-refractivity contribution in [1.82, 2.24) is 10.2 Å². The fraction of sp³-hybridized carbons (Fsp3) is 0.600. The Bertz CT molecular complexity index is 229. The van der Waals surface area contributed by atoms with E-state index in [-0.39, 0.29) is 5.41 Å². The summed E-state index contributed by atoms with van der Waals surface area (Å²) in [7, 11) is 0. The fourth-order valence-electron chi connectivity index (χ4n) is 1.42. The minimum Gasteiger partial charge on any atom is -0.159 e. The third-order valence-corrected chi connectivity index (χ3v) is 2.14. The van der Waals surface area contributed by atoms with Crippen LogP contribution in [0.15, 0.2) is 18.3 Å². The van der Waals surface area contributed by atoms with Crippen LogP contribution in [-0.4, -0.2) is 10.2 Å². The molecule has 2 heteroatoms. The zero-order valence-corrected chi connectivity index (χ0v) is 8.04. The van der Waals surface area contributed by atoms with Crippen LogP contribution in [0.25, 0.3) is 0 Å². The Morgan fingerprint density at radius 3 is 2.67 bits per heavy atom. The average molecular weight is 164 g/mol. The lowest BCUT2D eigenvalue weighted by Crippen LogP contribution is -2.18. The average Bonchev–Trinajstić information content (AvgIpc) is 2.06. The van der Waals surface area contributed by atoms with Gasteiger partial charge in [-0.25, -0.2) is 0 Å². The predicted molar refractivity (Wildman–Crippen MR) is 50.0 cm³/mol. The second-order valence-electron chi connectivity index (χ2n) is 3.74. The van der Waals surface area contributed by atoms with Crippen molar-refractivity contribution >= 4 is 0 Å². The van der Waals surface area contributed by atoms with E-state index in [0.29, 0.717) is 0 Å². The van der Waals surface area contributed by atoms with Crippen LogP contribution in [0.4, 0.5) is 0 Å². The van der Waals surface area contributed by atoms with Gasteiger partial charge in [0.2, 0.25) is 0 Å². The molecular weight excluding hydrogens is 148 g/mol. The van der Waals surface area contributed by atoms with Crippen molar-refractivity contribution in [3.8, 4) is 0 Å². The SMILES string of the molecule is CCCC(C)(C)c1cccnn1. The van der Waals surface area contributed by atoms with Gasteiger partial charge in [-0.1, -0.05) is 27.2 Å². The highest BCUT2D eigenvalue weighted by atomic mass is 15.1. The molecule has 12 heavy (non-hydrogen) atoms. The largest absolute Gasteiger partial charge is 0.159 e. The molecule has 1 rings (SSSR count). The zero-order chi connectivity index (χ0) is 9.03. The summed E-state index contributed by atoms with van der Waals surface area (Å²) >= 11 is 0. The second kappa shape index (κ2) is 3.65. The van der Waals surface area contributed by atoms with Gasteiger partial charge in [-0.15, -0.1) is 0 Å². The lowest BCUT2D eigenvalue weighted by atomic mass is 9.84. The Kier molecular flexibility index (Phi) is 2.79. The smallest absolute Gasteiger partial charge is 0.0687 e. The van der Waals surface area contributed by atoms with Crippen molar-refractivity contribution in [3.63, 3.8) is 0 Å². The van der Waals surface area contributed by atoms with Gasteiger partial charge in [0.1, 0.15) is 0 Å². The first-order chi connectivity index (χ1) is 5.67. The summed E-state index contributed by atoms with van der Waals surface area (Å²) in [6.45, 7) is 6.61. The van der Waals surface area contributed by atoms with Gasteiger partial charge in [0.05, 0.1) is 5.69 Å². The maximum atomic E-state index is 4.12. The van der Waals surface area contributed by atoms with E-state index >= 15 is 0 Å². The lowest BCUT2D eigenvalue weighted by Gasteiger charge is -2.22. The highest BCUT2D eigenvalue weighted by Gasteiger charge is 2.20. The van der Waals surface area contributed by atoms with Crippen LogP contribution in [0, 0.1) is 0 Å². The molecule has 0 spiro atoms. The minimum atomic E-state index is 0.170. The van der Waals surface area contributed by atoms with Gasteiger partial charge in [-0.3, -0.25) is 0 Å². The van der Waals surface area contributed by atoms with E-state index in [1.54, 1.807) is 6.20 Å². The third-order valence-electron chi connectivity index (χ3n) is 2.14. The summed E-state index contributed by atoms with van der Waals surface area (Å²) in [6.07, 6.45) is 4.06. The number of nitrogens with zero attached hydrogens (tertiary/aromatic N) is 2. The van der Waals surface area contributed by atoms with Gasteiger partial charge in [0.15, 0.2) is 0 Å². The van der Waals surface area contributed by atoms with Crippen molar-refractivity contribution < 1.29 is 0 Å².